The van der Waals surface area contributed by atoms with Crippen LogP contribution in [0.25, 0.3) is 0 Å². The predicted molar refractivity (Wildman–Crippen MR) is 78.1 cm³/mol. The molecule has 0 heterocycles. The zero-order valence-electron chi connectivity index (χ0n) is 11.0. The van der Waals surface area contributed by atoms with Gasteiger partial charge in [-0.3, -0.25) is 0 Å². The molecule has 3 heteroatoms. The summed E-state index contributed by atoms with van der Waals surface area (Å²) in [5.74, 6) is 0.0614. The van der Waals surface area contributed by atoms with Gasteiger partial charge in [0.15, 0.2) is 0 Å². The molecule has 0 aliphatic carbocycles. The molecular weight excluding hydrogens is 303 g/mol. The first-order valence-corrected chi connectivity index (χ1v) is 7.90. The Bertz CT molecular complexity index is 534. The molecule has 1 atom stereocenters. The summed E-state index contributed by atoms with van der Waals surface area (Å²) in [6.45, 7) is 2.01. The predicted octanol–water partition coefficient (Wildman–Crippen LogP) is 2.18. The molecule has 0 spiro atoms. The molecule has 0 saturated carbocycles. The molecule has 0 bridgehead atoms. The van der Waals surface area contributed by atoms with Gasteiger partial charge in [-0.15, -0.1) is 0 Å². The first kappa shape index (κ1) is 14.0. The Hall–Kier alpha value is -1.41. The average molecular weight is 319 g/mol. The van der Waals surface area contributed by atoms with Gasteiger partial charge in [0.05, 0.1) is 0 Å². The Kier molecular flexibility index (Phi) is 4.92. The van der Waals surface area contributed by atoms with Gasteiger partial charge in [-0.1, -0.05) is 0 Å². The van der Waals surface area contributed by atoms with Crippen molar-refractivity contribution < 1.29 is 9.53 Å². The van der Waals surface area contributed by atoms with Crippen LogP contribution in [0.3, 0.4) is 0 Å². The van der Waals surface area contributed by atoms with Gasteiger partial charge >= 0.3 is 119 Å². The third kappa shape index (κ3) is 3.77. The van der Waals surface area contributed by atoms with Crippen molar-refractivity contribution in [2.45, 2.75) is 11.9 Å². The first-order valence-electron chi connectivity index (χ1n) is 6.06. The number of carbonyl (C=O) groups is 1. The van der Waals surface area contributed by atoms with Crippen LogP contribution in [0.1, 0.15) is 15.9 Å². The molecule has 1 unspecified atom stereocenters. The zero-order valence-corrected chi connectivity index (χ0v) is 12.7. The molecule has 98 valence electrons. The Morgan fingerprint density at radius 3 is 2.26 bits per heavy atom. The van der Waals surface area contributed by atoms with Crippen LogP contribution >= 0.6 is 0 Å². The van der Waals surface area contributed by atoms with Gasteiger partial charge in [0.1, 0.15) is 0 Å². The van der Waals surface area contributed by atoms with Crippen LogP contribution in [0, 0.1) is 6.92 Å². The fourth-order valence-electron chi connectivity index (χ4n) is 1.69. The van der Waals surface area contributed by atoms with Crippen LogP contribution < -0.4 is 4.46 Å². The van der Waals surface area contributed by atoms with E-state index in [2.05, 4.69) is 0 Å². The third-order valence-electron chi connectivity index (χ3n) is 2.75. The molecular formula is C16H16O2Se. The van der Waals surface area contributed by atoms with Crippen molar-refractivity contribution in [3.8, 4) is 0 Å². The summed E-state index contributed by atoms with van der Waals surface area (Å²) in [6, 6.07) is 17.7. The standard InChI is InChI=1S/C16H16O2Se/c1-12-8-10-13(11-9-12)15(17)16(18-2)19-14-6-4-3-5-7-14/h3-11,16H,1-2H3. The molecule has 0 saturated heterocycles. The molecule has 2 aromatic rings. The van der Waals surface area contributed by atoms with Gasteiger partial charge in [-0.2, -0.15) is 0 Å². The van der Waals surface area contributed by atoms with E-state index >= 15 is 0 Å². The minimum absolute atomic E-state index is 0.0159. The van der Waals surface area contributed by atoms with Crippen LogP contribution in [0.15, 0.2) is 54.6 Å². The van der Waals surface area contributed by atoms with Gasteiger partial charge in [-0.05, 0) is 0 Å². The van der Waals surface area contributed by atoms with E-state index in [1.54, 1.807) is 7.11 Å². The summed E-state index contributed by atoms with van der Waals surface area (Å²) in [5, 5.41) is -0.363. The van der Waals surface area contributed by atoms with Gasteiger partial charge in [-0.25, -0.2) is 0 Å². The maximum atomic E-state index is 12.4. The number of carbonyl (C=O) groups excluding carboxylic acids is 1. The maximum absolute atomic E-state index is 12.4. The summed E-state index contributed by atoms with van der Waals surface area (Å²) < 4.78 is 6.55. The summed E-state index contributed by atoms with van der Waals surface area (Å²) in [5.41, 5.74) is 1.87. The first-order chi connectivity index (χ1) is 9.20. The van der Waals surface area contributed by atoms with E-state index in [0.29, 0.717) is 0 Å². The van der Waals surface area contributed by atoms with Gasteiger partial charge < -0.3 is 0 Å². The molecule has 0 fully saturated rings. The van der Waals surface area contributed by atoms with Crippen molar-refractivity contribution in [1.29, 1.82) is 0 Å². The van der Waals surface area contributed by atoms with Crippen molar-refractivity contribution in [2.24, 2.45) is 0 Å². The van der Waals surface area contributed by atoms with E-state index in [4.69, 9.17) is 4.74 Å². The molecule has 0 N–H and O–H groups in total. The molecule has 0 aliphatic rings. The number of hydrogen-bond acceptors (Lipinski definition) is 2. The Morgan fingerprint density at radius 1 is 1.05 bits per heavy atom. The Balaban J connectivity index is 2.13. The number of ether oxygens (including phenoxy) is 1. The summed E-state index contributed by atoms with van der Waals surface area (Å²) >= 11 is -0.0159. The Morgan fingerprint density at radius 2 is 1.68 bits per heavy atom. The van der Waals surface area contributed by atoms with E-state index in [9.17, 15) is 4.79 Å². The quantitative estimate of drug-likeness (QED) is 0.624. The second-order valence-electron chi connectivity index (χ2n) is 4.23. The molecule has 0 amide bonds. The third-order valence-corrected chi connectivity index (χ3v) is 5.19. The number of ketones is 1. The number of Topliss-reactive ketones (excluding diaryl/α,β-unsaturated/α-hetero) is 1. The molecule has 2 nitrogen and oxygen atoms in total. The summed E-state index contributed by atoms with van der Waals surface area (Å²) in [4.78, 5) is 12.4. The SMILES string of the molecule is COC([Se]c1ccccc1)C(=O)c1ccc(C)cc1. The fraction of sp³-hybridized carbons (Fsp3) is 0.188. The van der Waals surface area contributed by atoms with Crippen molar-refractivity contribution in [2.75, 3.05) is 7.11 Å². The monoisotopic (exact) mass is 320 g/mol. The number of aryl methyl sites for hydroxylation is 1. The van der Waals surface area contributed by atoms with E-state index in [1.165, 1.54) is 4.46 Å². The molecule has 2 rings (SSSR count). The molecule has 2 aromatic carbocycles. The fourth-order valence-corrected chi connectivity index (χ4v) is 3.58. The van der Waals surface area contributed by atoms with E-state index in [0.717, 1.165) is 11.1 Å². The van der Waals surface area contributed by atoms with Crippen LogP contribution in [0.5, 0.6) is 0 Å². The van der Waals surface area contributed by atoms with Crippen LogP contribution in [0.2, 0.25) is 0 Å². The number of hydrogen-bond donors (Lipinski definition) is 0. The van der Waals surface area contributed by atoms with Crippen LogP contribution in [-0.2, 0) is 4.74 Å². The van der Waals surface area contributed by atoms with Crippen LogP contribution in [0.4, 0.5) is 0 Å². The van der Waals surface area contributed by atoms with Gasteiger partial charge in [0.25, 0.3) is 0 Å². The number of benzene rings is 2. The van der Waals surface area contributed by atoms with E-state index < -0.39 is 0 Å². The van der Waals surface area contributed by atoms with E-state index in [1.807, 2.05) is 61.5 Å². The second kappa shape index (κ2) is 6.67. The topological polar surface area (TPSA) is 26.3 Å². The van der Waals surface area contributed by atoms with Crippen molar-refractivity contribution in [1.82, 2.24) is 0 Å². The van der Waals surface area contributed by atoms with Gasteiger partial charge in [0, 0.05) is 0 Å². The van der Waals surface area contributed by atoms with Crippen molar-refractivity contribution >= 4 is 25.2 Å². The number of methoxy groups -OCH3 is 1. The average Bonchev–Trinajstić information content (AvgIpc) is 2.46. The zero-order chi connectivity index (χ0) is 13.7. The minimum atomic E-state index is -0.363. The second-order valence-corrected chi connectivity index (χ2v) is 6.61. The van der Waals surface area contributed by atoms with Crippen molar-refractivity contribution in [3.63, 3.8) is 0 Å². The molecule has 0 radical (unpaired) electrons. The molecule has 19 heavy (non-hydrogen) atoms. The Labute approximate surface area is 120 Å². The van der Waals surface area contributed by atoms with Crippen LogP contribution in [-0.4, -0.2) is 32.9 Å². The van der Waals surface area contributed by atoms with Gasteiger partial charge in [0.2, 0.25) is 0 Å². The van der Waals surface area contributed by atoms with Crippen molar-refractivity contribution in [3.05, 3.63) is 65.7 Å². The van der Waals surface area contributed by atoms with E-state index in [-0.39, 0.29) is 25.7 Å². The normalized spacial score (nSPS) is 12.1. The summed E-state index contributed by atoms with van der Waals surface area (Å²) in [7, 11) is 1.60. The molecule has 0 aromatic heterocycles. The number of rotatable bonds is 5. The molecule has 0 aliphatic heterocycles. The summed E-state index contributed by atoms with van der Waals surface area (Å²) in [6.07, 6.45) is 0.